The van der Waals surface area contributed by atoms with Crippen LogP contribution in [0, 0.1) is 4.77 Å². The van der Waals surface area contributed by atoms with Gasteiger partial charge in [-0.15, -0.1) is 0 Å². The number of aromatic amines is 1. The van der Waals surface area contributed by atoms with E-state index in [0.717, 1.165) is 30.7 Å². The molecule has 0 atom stereocenters. The average Bonchev–Trinajstić information content (AvgIpc) is 3.11. The number of aryl methyl sites for hydroxylation is 1. The molecule has 0 saturated carbocycles. The van der Waals surface area contributed by atoms with E-state index >= 15 is 0 Å². The van der Waals surface area contributed by atoms with Gasteiger partial charge in [0.1, 0.15) is 0 Å². The second-order valence-corrected chi connectivity index (χ2v) is 6.66. The van der Waals surface area contributed by atoms with E-state index in [2.05, 4.69) is 22.2 Å². The van der Waals surface area contributed by atoms with Gasteiger partial charge in [-0.2, -0.15) is 14.9 Å². The zero-order chi connectivity index (χ0) is 20.6. The Labute approximate surface area is 174 Å². The lowest BCUT2D eigenvalue weighted by atomic mass is 10.2. The van der Waals surface area contributed by atoms with E-state index in [0.29, 0.717) is 21.8 Å². The number of hydrogen-bond donors (Lipinski definition) is 1. The van der Waals surface area contributed by atoms with E-state index in [1.54, 1.807) is 53.4 Å². The van der Waals surface area contributed by atoms with E-state index < -0.39 is 5.97 Å². The third kappa shape index (κ3) is 5.17. The Balaban J connectivity index is 1.79. The fourth-order valence-corrected chi connectivity index (χ4v) is 2.84. The quantitative estimate of drug-likeness (QED) is 0.258. The highest BCUT2D eigenvalue weighted by Gasteiger charge is 2.12. The van der Waals surface area contributed by atoms with Crippen molar-refractivity contribution in [1.29, 1.82) is 0 Å². The van der Waals surface area contributed by atoms with Crippen LogP contribution in [0.3, 0.4) is 0 Å². The van der Waals surface area contributed by atoms with Gasteiger partial charge in [0, 0.05) is 6.42 Å². The summed E-state index contributed by atoms with van der Waals surface area (Å²) < 4.78 is 12.9. The van der Waals surface area contributed by atoms with E-state index in [-0.39, 0.29) is 0 Å². The molecule has 29 heavy (non-hydrogen) atoms. The van der Waals surface area contributed by atoms with Crippen molar-refractivity contribution in [2.45, 2.75) is 26.2 Å². The maximum Gasteiger partial charge on any atom is 0.343 e. The van der Waals surface area contributed by atoms with Gasteiger partial charge in [0.2, 0.25) is 4.77 Å². The molecule has 0 unspecified atom stereocenters. The first-order valence-electron chi connectivity index (χ1n) is 9.28. The van der Waals surface area contributed by atoms with Crippen LogP contribution >= 0.6 is 12.2 Å². The molecule has 0 aliphatic carbocycles. The summed E-state index contributed by atoms with van der Waals surface area (Å²) in [4.78, 5) is 12.3. The summed E-state index contributed by atoms with van der Waals surface area (Å²) in [5.41, 5.74) is 1.24. The smallest absolute Gasteiger partial charge is 0.343 e. The molecule has 1 heterocycles. The van der Waals surface area contributed by atoms with Crippen LogP contribution in [0.25, 0.3) is 0 Å². The summed E-state index contributed by atoms with van der Waals surface area (Å²) in [7, 11) is 1.52. The Bertz CT molecular complexity index is 1060. The lowest BCUT2D eigenvalue weighted by Gasteiger charge is -2.10. The zero-order valence-electron chi connectivity index (χ0n) is 16.3. The summed E-state index contributed by atoms with van der Waals surface area (Å²) in [6.07, 6.45) is 4.51. The van der Waals surface area contributed by atoms with Crippen molar-refractivity contribution in [2.75, 3.05) is 7.11 Å². The molecular weight excluding hydrogens is 388 g/mol. The van der Waals surface area contributed by atoms with Crippen molar-refractivity contribution in [3.63, 3.8) is 0 Å². The number of ether oxygens (including phenoxy) is 2. The zero-order valence-corrected chi connectivity index (χ0v) is 17.1. The molecule has 0 amide bonds. The second kappa shape index (κ2) is 9.79. The highest BCUT2D eigenvalue weighted by Crippen LogP contribution is 2.28. The van der Waals surface area contributed by atoms with Gasteiger partial charge < -0.3 is 9.47 Å². The number of nitrogens with zero attached hydrogens (tertiary/aromatic N) is 3. The van der Waals surface area contributed by atoms with E-state index in [9.17, 15) is 4.79 Å². The largest absolute Gasteiger partial charge is 0.493 e. The molecule has 3 aromatic rings. The van der Waals surface area contributed by atoms with Crippen LogP contribution in [0.1, 0.15) is 41.5 Å². The number of nitrogens with one attached hydrogen (secondary N) is 1. The van der Waals surface area contributed by atoms with Gasteiger partial charge in [0.05, 0.1) is 18.9 Å². The highest BCUT2D eigenvalue weighted by molar-refractivity contribution is 7.71. The number of carbonyl (C=O) groups is 1. The molecule has 8 heteroatoms. The van der Waals surface area contributed by atoms with Crippen molar-refractivity contribution in [3.8, 4) is 11.5 Å². The summed E-state index contributed by atoms with van der Waals surface area (Å²) in [6.45, 7) is 2.12. The third-order valence-corrected chi connectivity index (χ3v) is 4.46. The second-order valence-electron chi connectivity index (χ2n) is 6.27. The van der Waals surface area contributed by atoms with E-state index in [1.165, 1.54) is 7.11 Å². The van der Waals surface area contributed by atoms with E-state index in [1.807, 2.05) is 6.07 Å². The fourth-order valence-electron chi connectivity index (χ4n) is 2.65. The Morgan fingerprint density at radius 2 is 2.03 bits per heavy atom. The molecule has 0 aliphatic heterocycles. The van der Waals surface area contributed by atoms with Crippen molar-refractivity contribution in [2.24, 2.45) is 5.10 Å². The lowest BCUT2D eigenvalue weighted by Crippen LogP contribution is -2.09. The van der Waals surface area contributed by atoms with Crippen LogP contribution in [0.4, 0.5) is 0 Å². The van der Waals surface area contributed by atoms with Gasteiger partial charge in [-0.05, 0) is 54.5 Å². The van der Waals surface area contributed by atoms with Crippen LogP contribution in [-0.2, 0) is 6.42 Å². The number of unbranched alkanes of at least 4 members (excludes halogenated alkanes) is 1. The maximum atomic E-state index is 12.3. The number of methoxy groups -OCH3 is 1. The molecule has 1 N–H and O–H groups in total. The molecule has 7 nitrogen and oxygen atoms in total. The molecule has 2 aromatic carbocycles. The minimum atomic E-state index is -0.449. The van der Waals surface area contributed by atoms with Crippen LogP contribution in [0.5, 0.6) is 11.5 Å². The Kier molecular flexibility index (Phi) is 6.91. The topological polar surface area (TPSA) is 81.5 Å². The lowest BCUT2D eigenvalue weighted by molar-refractivity contribution is 0.0729. The molecular formula is C21H22N4O3S. The first-order chi connectivity index (χ1) is 14.1. The number of hydrogen-bond acceptors (Lipinski definition) is 6. The van der Waals surface area contributed by atoms with Crippen LogP contribution in [0.15, 0.2) is 53.6 Å². The minimum Gasteiger partial charge on any atom is -0.493 e. The van der Waals surface area contributed by atoms with Gasteiger partial charge in [-0.1, -0.05) is 31.5 Å². The molecule has 0 spiro atoms. The molecule has 0 radical (unpaired) electrons. The van der Waals surface area contributed by atoms with Gasteiger partial charge in [0.25, 0.3) is 0 Å². The first kappa shape index (κ1) is 20.5. The number of aromatic nitrogens is 3. The monoisotopic (exact) mass is 410 g/mol. The molecule has 1 aromatic heterocycles. The van der Waals surface area contributed by atoms with Crippen molar-refractivity contribution >= 4 is 24.4 Å². The van der Waals surface area contributed by atoms with E-state index in [4.69, 9.17) is 21.7 Å². The fraction of sp³-hybridized carbons (Fsp3) is 0.238. The predicted molar refractivity (Wildman–Crippen MR) is 113 cm³/mol. The maximum absolute atomic E-state index is 12.3. The third-order valence-electron chi connectivity index (χ3n) is 4.19. The molecule has 0 bridgehead atoms. The molecule has 0 saturated heterocycles. The van der Waals surface area contributed by atoms with Crippen molar-refractivity contribution < 1.29 is 14.3 Å². The number of H-pyrrole nitrogens is 1. The van der Waals surface area contributed by atoms with Crippen molar-refractivity contribution in [3.05, 3.63) is 70.3 Å². The van der Waals surface area contributed by atoms with Gasteiger partial charge in [-0.3, -0.25) is 5.10 Å². The molecule has 3 rings (SSSR count). The van der Waals surface area contributed by atoms with Gasteiger partial charge in [0.15, 0.2) is 17.3 Å². The predicted octanol–water partition coefficient (Wildman–Crippen LogP) is 4.39. The van der Waals surface area contributed by atoms with Gasteiger partial charge >= 0.3 is 5.97 Å². The number of rotatable bonds is 8. The molecule has 0 aliphatic rings. The number of carbonyl (C=O) groups excluding carboxylic acids is 1. The van der Waals surface area contributed by atoms with Crippen LogP contribution < -0.4 is 9.47 Å². The summed E-state index contributed by atoms with van der Waals surface area (Å²) in [5, 5.41) is 11.4. The number of benzene rings is 2. The number of esters is 1. The van der Waals surface area contributed by atoms with Crippen molar-refractivity contribution in [1.82, 2.24) is 14.9 Å². The van der Waals surface area contributed by atoms with Crippen LogP contribution in [0.2, 0.25) is 0 Å². The Morgan fingerprint density at radius 3 is 2.76 bits per heavy atom. The first-order valence-corrected chi connectivity index (χ1v) is 9.69. The average molecular weight is 410 g/mol. The Morgan fingerprint density at radius 1 is 1.24 bits per heavy atom. The molecule has 0 fully saturated rings. The standard InChI is InChI=1S/C21H22N4O3S/c1-3-4-10-19-23-24-21(29)25(19)22-14-15-11-12-17(18(13-15)27-2)28-20(26)16-8-6-5-7-9-16/h5-9,11-14H,3-4,10H2,1-2H3,(H,24,29)/b22-14+. The summed E-state index contributed by atoms with van der Waals surface area (Å²) in [5.74, 6) is 1.10. The SMILES string of the molecule is CCCCc1n[nH]c(=S)n1/N=C/c1ccc(OC(=O)c2ccccc2)c(OC)c1. The Hall–Kier alpha value is -3.26. The summed E-state index contributed by atoms with van der Waals surface area (Å²) in [6, 6.07) is 14.0. The summed E-state index contributed by atoms with van der Waals surface area (Å²) >= 11 is 5.25. The minimum absolute atomic E-state index is 0.335. The molecule has 150 valence electrons. The highest BCUT2D eigenvalue weighted by atomic mass is 32.1. The van der Waals surface area contributed by atoms with Crippen LogP contribution in [-0.4, -0.2) is 34.2 Å². The van der Waals surface area contributed by atoms with Gasteiger partial charge in [-0.25, -0.2) is 4.79 Å². The normalized spacial score (nSPS) is 11.0.